The highest BCUT2D eigenvalue weighted by molar-refractivity contribution is 7.09. The van der Waals surface area contributed by atoms with Crippen molar-refractivity contribution in [2.45, 2.75) is 20.4 Å². The molecule has 1 aromatic heterocycles. The maximum atomic E-state index is 12.1. The number of anilines is 1. The molecule has 4 heteroatoms. The van der Waals surface area contributed by atoms with Crippen molar-refractivity contribution in [2.24, 2.45) is 0 Å². The summed E-state index contributed by atoms with van der Waals surface area (Å²) in [4.78, 5) is 26.9. The van der Waals surface area contributed by atoms with Gasteiger partial charge in [0.15, 0.2) is 0 Å². The van der Waals surface area contributed by atoms with Crippen LogP contribution in [0, 0.1) is 13.8 Å². The van der Waals surface area contributed by atoms with Gasteiger partial charge in [-0.3, -0.25) is 14.5 Å². The third-order valence-corrected chi connectivity index (χ3v) is 4.17. The van der Waals surface area contributed by atoms with Crippen LogP contribution in [0.1, 0.15) is 26.4 Å². The highest BCUT2D eigenvalue weighted by Gasteiger charge is 2.37. The number of nitrogens with zero attached hydrogens (tertiary/aromatic N) is 1. The number of carbonyl (C=O) groups is 2. The summed E-state index contributed by atoms with van der Waals surface area (Å²) in [6.07, 6.45) is 0. The molecule has 19 heavy (non-hydrogen) atoms. The molecule has 0 saturated heterocycles. The Labute approximate surface area is 115 Å². The first-order valence-electron chi connectivity index (χ1n) is 6.08. The van der Waals surface area contributed by atoms with Crippen LogP contribution in [-0.4, -0.2) is 11.7 Å². The highest BCUT2D eigenvalue weighted by atomic mass is 32.1. The molecule has 0 spiro atoms. The van der Waals surface area contributed by atoms with Crippen molar-refractivity contribution in [3.63, 3.8) is 0 Å². The summed E-state index contributed by atoms with van der Waals surface area (Å²) >= 11 is 1.59. The fraction of sp³-hybridized carbons (Fsp3) is 0.200. The van der Waals surface area contributed by atoms with Crippen LogP contribution in [0.2, 0.25) is 0 Å². The van der Waals surface area contributed by atoms with Gasteiger partial charge in [-0.25, -0.2) is 0 Å². The molecule has 1 aliphatic rings. The van der Waals surface area contributed by atoms with Gasteiger partial charge < -0.3 is 0 Å². The van der Waals surface area contributed by atoms with Crippen LogP contribution < -0.4 is 4.90 Å². The van der Waals surface area contributed by atoms with E-state index in [0.29, 0.717) is 12.1 Å². The molecule has 0 bridgehead atoms. The number of ketones is 1. The van der Waals surface area contributed by atoms with E-state index in [4.69, 9.17) is 0 Å². The summed E-state index contributed by atoms with van der Waals surface area (Å²) in [6.45, 7) is 4.33. The lowest BCUT2D eigenvalue weighted by Crippen LogP contribution is -2.28. The molecule has 3 rings (SSSR count). The van der Waals surface area contributed by atoms with Crippen LogP contribution >= 0.6 is 11.3 Å². The van der Waals surface area contributed by atoms with Crippen LogP contribution in [0.4, 0.5) is 5.69 Å². The first-order valence-corrected chi connectivity index (χ1v) is 6.95. The average Bonchev–Trinajstić information content (AvgIpc) is 2.93. The zero-order chi connectivity index (χ0) is 13.6. The van der Waals surface area contributed by atoms with E-state index in [1.165, 1.54) is 0 Å². The van der Waals surface area contributed by atoms with E-state index < -0.39 is 5.91 Å². The SMILES string of the molecule is Cc1cc(C)c2c(c1)N(Cc1cccs1)C(=O)C2=O. The smallest absolute Gasteiger partial charge is 0.299 e. The van der Waals surface area contributed by atoms with Gasteiger partial charge in [0, 0.05) is 4.88 Å². The molecule has 0 aliphatic carbocycles. The Morgan fingerprint density at radius 3 is 2.68 bits per heavy atom. The Hall–Kier alpha value is -1.94. The third kappa shape index (κ3) is 1.88. The van der Waals surface area contributed by atoms with E-state index >= 15 is 0 Å². The molecule has 1 aromatic carbocycles. The van der Waals surface area contributed by atoms with Gasteiger partial charge in [-0.2, -0.15) is 0 Å². The first-order chi connectivity index (χ1) is 9.08. The van der Waals surface area contributed by atoms with Crippen LogP contribution in [0.3, 0.4) is 0 Å². The van der Waals surface area contributed by atoms with Gasteiger partial charge in [-0.15, -0.1) is 11.3 Å². The number of amides is 1. The van der Waals surface area contributed by atoms with Gasteiger partial charge in [-0.1, -0.05) is 12.1 Å². The average molecular weight is 271 g/mol. The summed E-state index contributed by atoms with van der Waals surface area (Å²) in [5.74, 6) is -0.804. The molecular formula is C15H13NO2S. The molecule has 0 N–H and O–H groups in total. The Balaban J connectivity index is 2.09. The van der Waals surface area contributed by atoms with Crippen LogP contribution in [0.15, 0.2) is 29.6 Å². The predicted octanol–water partition coefficient (Wildman–Crippen LogP) is 3.09. The Bertz CT molecular complexity index is 674. The van der Waals surface area contributed by atoms with E-state index in [-0.39, 0.29) is 5.78 Å². The first kappa shape index (κ1) is 12.1. The lowest BCUT2D eigenvalue weighted by Gasteiger charge is -2.16. The highest BCUT2D eigenvalue weighted by Crippen LogP contribution is 2.34. The fourth-order valence-corrected chi connectivity index (χ4v) is 3.20. The molecule has 1 aliphatic heterocycles. The molecule has 2 aromatic rings. The molecule has 96 valence electrons. The standard InChI is InChI=1S/C15H13NO2S/c1-9-6-10(2)13-12(7-9)16(15(18)14(13)17)8-11-4-3-5-19-11/h3-7H,8H2,1-2H3. The van der Waals surface area contributed by atoms with Crippen LogP contribution in [0.25, 0.3) is 0 Å². The summed E-state index contributed by atoms with van der Waals surface area (Å²) in [5, 5.41) is 1.97. The number of fused-ring (bicyclic) bond motifs is 1. The number of hydrogen-bond donors (Lipinski definition) is 0. The Morgan fingerprint density at radius 2 is 2.00 bits per heavy atom. The van der Waals surface area contributed by atoms with Crippen LogP contribution in [-0.2, 0) is 11.3 Å². The largest absolute Gasteiger partial charge is 0.300 e. The van der Waals surface area contributed by atoms with E-state index in [1.54, 1.807) is 16.2 Å². The molecule has 0 fully saturated rings. The number of benzene rings is 1. The van der Waals surface area contributed by atoms with E-state index in [9.17, 15) is 9.59 Å². The lowest BCUT2D eigenvalue weighted by molar-refractivity contribution is -0.114. The molecule has 0 radical (unpaired) electrons. The zero-order valence-corrected chi connectivity index (χ0v) is 11.6. The van der Waals surface area contributed by atoms with Gasteiger partial charge in [0.2, 0.25) is 0 Å². The van der Waals surface area contributed by atoms with Crippen molar-refractivity contribution >= 4 is 28.7 Å². The predicted molar refractivity (Wildman–Crippen MR) is 75.8 cm³/mol. The Morgan fingerprint density at radius 1 is 1.21 bits per heavy atom. The lowest BCUT2D eigenvalue weighted by atomic mass is 10.0. The normalized spacial score (nSPS) is 14.1. The van der Waals surface area contributed by atoms with E-state index in [2.05, 4.69) is 0 Å². The summed E-state index contributed by atoms with van der Waals surface area (Å²) < 4.78 is 0. The third-order valence-electron chi connectivity index (χ3n) is 3.31. The van der Waals surface area contributed by atoms with E-state index in [0.717, 1.165) is 21.7 Å². The molecule has 1 amide bonds. The second kappa shape index (κ2) is 4.31. The summed E-state index contributed by atoms with van der Waals surface area (Å²) in [6, 6.07) is 7.78. The van der Waals surface area contributed by atoms with Gasteiger partial charge in [0.05, 0.1) is 17.8 Å². The maximum absolute atomic E-state index is 12.1. The molecule has 0 saturated carbocycles. The van der Waals surface area contributed by atoms with Crippen molar-refractivity contribution in [1.82, 2.24) is 0 Å². The molecule has 3 nitrogen and oxygen atoms in total. The topological polar surface area (TPSA) is 37.4 Å². The number of thiophene rings is 1. The molecule has 0 unspecified atom stereocenters. The van der Waals surface area contributed by atoms with Crippen molar-refractivity contribution in [3.05, 3.63) is 51.2 Å². The number of carbonyl (C=O) groups excluding carboxylic acids is 2. The van der Waals surface area contributed by atoms with Crippen molar-refractivity contribution in [2.75, 3.05) is 4.90 Å². The van der Waals surface area contributed by atoms with Crippen molar-refractivity contribution in [3.8, 4) is 0 Å². The van der Waals surface area contributed by atoms with E-state index in [1.807, 2.05) is 43.5 Å². The summed E-state index contributed by atoms with van der Waals surface area (Å²) in [7, 11) is 0. The minimum absolute atomic E-state index is 0.385. The minimum Gasteiger partial charge on any atom is -0.300 e. The Kier molecular flexibility index (Phi) is 2.75. The van der Waals surface area contributed by atoms with Gasteiger partial charge in [0.25, 0.3) is 11.7 Å². The second-order valence-electron chi connectivity index (χ2n) is 4.78. The van der Waals surface area contributed by atoms with Gasteiger partial charge >= 0.3 is 0 Å². The van der Waals surface area contributed by atoms with Gasteiger partial charge in [-0.05, 0) is 42.5 Å². The fourth-order valence-electron chi connectivity index (χ4n) is 2.51. The minimum atomic E-state index is -0.419. The maximum Gasteiger partial charge on any atom is 0.299 e. The molecule has 2 heterocycles. The van der Waals surface area contributed by atoms with Crippen molar-refractivity contribution < 1.29 is 9.59 Å². The zero-order valence-electron chi connectivity index (χ0n) is 10.8. The number of aryl methyl sites for hydroxylation is 2. The second-order valence-corrected chi connectivity index (χ2v) is 5.81. The number of rotatable bonds is 2. The number of hydrogen-bond acceptors (Lipinski definition) is 3. The molecular weight excluding hydrogens is 258 g/mol. The molecule has 0 atom stereocenters. The van der Waals surface area contributed by atoms with Crippen LogP contribution in [0.5, 0.6) is 0 Å². The number of Topliss-reactive ketones (excluding diaryl/α,β-unsaturated/α-hetero) is 1. The quantitative estimate of drug-likeness (QED) is 0.787. The van der Waals surface area contributed by atoms with Gasteiger partial charge in [0.1, 0.15) is 0 Å². The summed E-state index contributed by atoms with van der Waals surface area (Å²) in [5.41, 5.74) is 3.25. The van der Waals surface area contributed by atoms with Crippen molar-refractivity contribution in [1.29, 1.82) is 0 Å². The monoisotopic (exact) mass is 271 g/mol.